The fraction of sp³-hybridized carbons (Fsp3) is 0.619. The Labute approximate surface area is 174 Å². The topological polar surface area (TPSA) is 68.8 Å². The van der Waals surface area contributed by atoms with Gasteiger partial charge >= 0.3 is 0 Å². The largest absolute Gasteiger partial charge is 0.356 e. The third-order valence-electron chi connectivity index (χ3n) is 4.96. The Hall–Kier alpha value is -1.79. The molecule has 0 unspecified atom stereocenters. The molecule has 1 amide bonds. The summed E-state index contributed by atoms with van der Waals surface area (Å²) in [6, 6.07) is 8.38. The molecule has 156 valence electrons. The highest BCUT2D eigenvalue weighted by molar-refractivity contribution is 6.31. The molecule has 7 heteroatoms. The molecule has 0 aromatic heterocycles. The minimum absolute atomic E-state index is 0.129. The molecule has 0 spiro atoms. The van der Waals surface area contributed by atoms with Gasteiger partial charge in [0.15, 0.2) is 5.96 Å². The number of guanidine groups is 1. The normalized spacial score (nSPS) is 16.0. The number of halogens is 1. The van der Waals surface area contributed by atoms with E-state index in [1.807, 2.05) is 18.2 Å². The smallest absolute Gasteiger partial charge is 0.234 e. The minimum atomic E-state index is 0.129. The molecule has 2 rings (SSSR count). The van der Waals surface area contributed by atoms with Crippen LogP contribution in [0.25, 0.3) is 0 Å². The Morgan fingerprint density at radius 2 is 1.96 bits per heavy atom. The molecular formula is C21H34ClN5O. The van der Waals surface area contributed by atoms with Crippen molar-refractivity contribution in [3.8, 4) is 0 Å². The molecule has 3 N–H and O–H groups in total. The summed E-state index contributed by atoms with van der Waals surface area (Å²) >= 11 is 6.20. The van der Waals surface area contributed by atoms with Crippen molar-refractivity contribution in [2.24, 2.45) is 4.99 Å². The van der Waals surface area contributed by atoms with Crippen LogP contribution in [0.1, 0.15) is 38.2 Å². The van der Waals surface area contributed by atoms with Crippen molar-refractivity contribution in [2.45, 2.75) is 45.1 Å². The molecule has 6 nitrogen and oxygen atoms in total. The number of rotatable bonds is 9. The van der Waals surface area contributed by atoms with Crippen LogP contribution in [0.4, 0.5) is 0 Å². The van der Waals surface area contributed by atoms with Crippen molar-refractivity contribution in [3.63, 3.8) is 0 Å². The zero-order valence-electron chi connectivity index (χ0n) is 17.1. The first-order chi connectivity index (χ1) is 13.6. The number of nitrogens with zero attached hydrogens (tertiary/aromatic N) is 2. The van der Waals surface area contributed by atoms with Crippen LogP contribution in [0, 0.1) is 0 Å². The van der Waals surface area contributed by atoms with Gasteiger partial charge in [0, 0.05) is 44.3 Å². The number of likely N-dealkylation sites (tertiary alicyclic amines) is 1. The molecule has 1 aromatic rings. The van der Waals surface area contributed by atoms with Crippen LogP contribution in [-0.2, 0) is 11.2 Å². The quantitative estimate of drug-likeness (QED) is 0.334. The molecule has 28 heavy (non-hydrogen) atoms. The van der Waals surface area contributed by atoms with Crippen LogP contribution >= 0.6 is 11.6 Å². The van der Waals surface area contributed by atoms with Gasteiger partial charge in [-0.2, -0.15) is 0 Å². The van der Waals surface area contributed by atoms with Gasteiger partial charge in [0.1, 0.15) is 0 Å². The molecule has 0 bridgehead atoms. The number of aryl methyl sites for hydroxylation is 1. The van der Waals surface area contributed by atoms with Crippen molar-refractivity contribution in [2.75, 3.05) is 39.8 Å². The Bertz CT molecular complexity index is 629. The zero-order chi connectivity index (χ0) is 20.2. The van der Waals surface area contributed by atoms with Crippen LogP contribution < -0.4 is 16.0 Å². The lowest BCUT2D eigenvalue weighted by Gasteiger charge is -2.32. The van der Waals surface area contributed by atoms with E-state index in [0.717, 1.165) is 69.3 Å². The number of hydrogen-bond donors (Lipinski definition) is 3. The number of nitrogens with one attached hydrogen (secondary N) is 3. The fourth-order valence-electron chi connectivity index (χ4n) is 3.33. The van der Waals surface area contributed by atoms with Gasteiger partial charge in [-0.05, 0) is 43.7 Å². The highest BCUT2D eigenvalue weighted by atomic mass is 35.5. The Morgan fingerprint density at radius 1 is 1.21 bits per heavy atom. The van der Waals surface area contributed by atoms with E-state index >= 15 is 0 Å². The van der Waals surface area contributed by atoms with Gasteiger partial charge in [-0.25, -0.2) is 0 Å². The van der Waals surface area contributed by atoms with Crippen LogP contribution in [0.3, 0.4) is 0 Å². The number of piperidine rings is 1. The van der Waals surface area contributed by atoms with Crippen LogP contribution in [0.5, 0.6) is 0 Å². The predicted octanol–water partition coefficient (Wildman–Crippen LogP) is 2.43. The standard InChI is InChI=1S/C21H34ClN5O/c1-3-12-24-20(28)16-27-14-10-18(11-15-27)26-21(23-2)25-13-6-8-17-7-4-5-9-19(17)22/h4-5,7,9,18H,3,6,8,10-16H2,1-2H3,(H,24,28)(H2,23,25,26). The van der Waals surface area contributed by atoms with Crippen molar-refractivity contribution in [3.05, 3.63) is 34.9 Å². The number of amides is 1. The molecular weight excluding hydrogens is 374 g/mol. The monoisotopic (exact) mass is 407 g/mol. The lowest BCUT2D eigenvalue weighted by molar-refractivity contribution is -0.122. The number of benzene rings is 1. The van der Waals surface area contributed by atoms with Crippen LogP contribution in [0.15, 0.2) is 29.3 Å². The van der Waals surface area contributed by atoms with E-state index in [-0.39, 0.29) is 5.91 Å². The molecule has 1 fully saturated rings. The molecule has 1 saturated heterocycles. The highest BCUT2D eigenvalue weighted by Gasteiger charge is 2.21. The first-order valence-corrected chi connectivity index (χ1v) is 10.7. The molecule has 0 aliphatic carbocycles. The molecule has 1 heterocycles. The third kappa shape index (κ3) is 8.07. The van der Waals surface area contributed by atoms with Gasteiger partial charge < -0.3 is 16.0 Å². The number of aliphatic imine (C=N–C) groups is 1. The van der Waals surface area contributed by atoms with E-state index in [2.05, 4.69) is 38.8 Å². The zero-order valence-corrected chi connectivity index (χ0v) is 17.9. The number of carbonyl (C=O) groups is 1. The Kier molecular flexibility index (Phi) is 10.1. The Balaban J connectivity index is 1.63. The number of carbonyl (C=O) groups excluding carboxylic acids is 1. The molecule has 0 saturated carbocycles. The van der Waals surface area contributed by atoms with Gasteiger partial charge in [-0.1, -0.05) is 36.7 Å². The van der Waals surface area contributed by atoms with Crippen LogP contribution in [-0.4, -0.2) is 62.6 Å². The van der Waals surface area contributed by atoms with E-state index < -0.39 is 0 Å². The summed E-state index contributed by atoms with van der Waals surface area (Å²) in [5.74, 6) is 0.975. The fourth-order valence-corrected chi connectivity index (χ4v) is 3.56. The molecule has 1 aromatic carbocycles. The second kappa shape index (κ2) is 12.6. The Morgan fingerprint density at radius 3 is 2.64 bits per heavy atom. The van der Waals surface area contributed by atoms with E-state index in [4.69, 9.17) is 11.6 Å². The van der Waals surface area contributed by atoms with E-state index in [1.54, 1.807) is 7.05 Å². The lowest BCUT2D eigenvalue weighted by Crippen LogP contribution is -2.50. The van der Waals surface area contributed by atoms with Crippen molar-refractivity contribution in [1.29, 1.82) is 0 Å². The summed E-state index contributed by atoms with van der Waals surface area (Å²) < 4.78 is 0. The summed E-state index contributed by atoms with van der Waals surface area (Å²) in [5.41, 5.74) is 1.18. The van der Waals surface area contributed by atoms with Crippen molar-refractivity contribution >= 4 is 23.5 Å². The maximum atomic E-state index is 11.8. The van der Waals surface area contributed by atoms with Crippen molar-refractivity contribution < 1.29 is 4.79 Å². The summed E-state index contributed by atoms with van der Waals surface area (Å²) in [4.78, 5) is 18.4. The third-order valence-corrected chi connectivity index (χ3v) is 5.33. The molecule has 1 aliphatic rings. The average molecular weight is 408 g/mol. The maximum absolute atomic E-state index is 11.8. The van der Waals surface area contributed by atoms with Gasteiger partial charge in [-0.3, -0.25) is 14.7 Å². The number of hydrogen-bond acceptors (Lipinski definition) is 3. The summed E-state index contributed by atoms with van der Waals surface area (Å²) in [6.07, 6.45) is 4.95. The average Bonchev–Trinajstić information content (AvgIpc) is 2.71. The van der Waals surface area contributed by atoms with Gasteiger partial charge in [0.2, 0.25) is 5.91 Å². The SMILES string of the molecule is CCCNC(=O)CN1CCC(NC(=NC)NCCCc2ccccc2Cl)CC1. The predicted molar refractivity (Wildman–Crippen MR) is 117 cm³/mol. The van der Waals surface area contributed by atoms with E-state index in [1.165, 1.54) is 5.56 Å². The first kappa shape index (κ1) is 22.5. The summed E-state index contributed by atoms with van der Waals surface area (Å²) in [7, 11) is 1.80. The van der Waals surface area contributed by atoms with E-state index in [0.29, 0.717) is 12.6 Å². The molecule has 0 radical (unpaired) electrons. The van der Waals surface area contributed by atoms with Gasteiger partial charge in [-0.15, -0.1) is 0 Å². The van der Waals surface area contributed by atoms with E-state index in [9.17, 15) is 4.79 Å². The van der Waals surface area contributed by atoms with Gasteiger partial charge in [0.05, 0.1) is 6.54 Å². The second-order valence-corrected chi connectivity index (χ2v) is 7.65. The highest BCUT2D eigenvalue weighted by Crippen LogP contribution is 2.16. The summed E-state index contributed by atoms with van der Waals surface area (Å²) in [6.45, 7) is 6.04. The maximum Gasteiger partial charge on any atom is 0.234 e. The van der Waals surface area contributed by atoms with Crippen molar-refractivity contribution in [1.82, 2.24) is 20.9 Å². The summed E-state index contributed by atoms with van der Waals surface area (Å²) in [5, 5.41) is 10.7. The van der Waals surface area contributed by atoms with Crippen LogP contribution in [0.2, 0.25) is 5.02 Å². The second-order valence-electron chi connectivity index (χ2n) is 7.24. The first-order valence-electron chi connectivity index (χ1n) is 10.3. The lowest BCUT2D eigenvalue weighted by atomic mass is 10.1. The molecule has 0 atom stereocenters. The molecule has 1 aliphatic heterocycles. The minimum Gasteiger partial charge on any atom is -0.356 e. The van der Waals surface area contributed by atoms with Gasteiger partial charge in [0.25, 0.3) is 0 Å².